The molecule has 0 N–H and O–H groups in total. The van der Waals surface area contributed by atoms with E-state index in [9.17, 15) is 4.79 Å². The van der Waals surface area contributed by atoms with Crippen molar-refractivity contribution in [2.24, 2.45) is 0 Å². The van der Waals surface area contributed by atoms with Gasteiger partial charge in [-0.25, -0.2) is 0 Å². The predicted molar refractivity (Wildman–Crippen MR) is 94.0 cm³/mol. The van der Waals surface area contributed by atoms with Gasteiger partial charge in [0.15, 0.2) is 11.5 Å². The first-order valence-electron chi connectivity index (χ1n) is 8.15. The molecular weight excluding hydrogens is 286 g/mol. The van der Waals surface area contributed by atoms with E-state index < -0.39 is 0 Å². The summed E-state index contributed by atoms with van der Waals surface area (Å²) in [6, 6.07) is 12.2. The van der Waals surface area contributed by atoms with E-state index in [4.69, 9.17) is 4.74 Å². The van der Waals surface area contributed by atoms with Crippen LogP contribution >= 0.6 is 0 Å². The number of benzene rings is 2. The van der Waals surface area contributed by atoms with Crippen LogP contribution in [0.25, 0.3) is 0 Å². The van der Waals surface area contributed by atoms with Crippen molar-refractivity contribution in [3.8, 4) is 11.5 Å². The fraction of sp³-hybridized carbons (Fsp3) is 0.350. The summed E-state index contributed by atoms with van der Waals surface area (Å²) in [7, 11) is 0. The van der Waals surface area contributed by atoms with Gasteiger partial charge in [-0.2, -0.15) is 0 Å². The molecule has 23 heavy (non-hydrogen) atoms. The first-order valence-corrected chi connectivity index (χ1v) is 8.15. The van der Waals surface area contributed by atoms with Gasteiger partial charge < -0.3 is 4.74 Å². The standard InChI is InChI=1S/C20H23NO2/c1-12(2)15-6-8-17-19(10-15)23-20-11-16(13(3)4)7-9-18(20)21(17)14(5)22/h6-13H,1-5H3. The second-order valence-electron chi connectivity index (χ2n) is 6.72. The molecule has 0 unspecified atom stereocenters. The molecular formula is C20H23NO2. The Morgan fingerprint density at radius 3 is 1.65 bits per heavy atom. The van der Waals surface area contributed by atoms with Crippen molar-refractivity contribution < 1.29 is 9.53 Å². The molecule has 1 amide bonds. The molecule has 0 atom stereocenters. The van der Waals surface area contributed by atoms with Crippen molar-refractivity contribution in [3.63, 3.8) is 0 Å². The molecule has 120 valence electrons. The summed E-state index contributed by atoms with van der Waals surface area (Å²) in [6.45, 7) is 10.2. The molecule has 0 aromatic heterocycles. The highest BCUT2D eigenvalue weighted by molar-refractivity contribution is 6.03. The summed E-state index contributed by atoms with van der Waals surface area (Å²) in [6.07, 6.45) is 0. The Kier molecular flexibility index (Phi) is 3.88. The summed E-state index contributed by atoms with van der Waals surface area (Å²) >= 11 is 0. The normalized spacial score (nSPS) is 12.9. The Bertz CT molecular complexity index is 705. The topological polar surface area (TPSA) is 29.5 Å². The van der Waals surface area contributed by atoms with E-state index in [0.717, 1.165) is 22.9 Å². The average molecular weight is 309 g/mol. The third kappa shape index (κ3) is 2.72. The predicted octanol–water partition coefficient (Wildman–Crippen LogP) is 5.72. The lowest BCUT2D eigenvalue weighted by molar-refractivity contribution is -0.115. The van der Waals surface area contributed by atoms with E-state index in [2.05, 4.69) is 39.8 Å². The minimum absolute atomic E-state index is 0.00889. The summed E-state index contributed by atoms with van der Waals surface area (Å²) in [4.78, 5) is 14.0. The third-order valence-electron chi connectivity index (χ3n) is 4.32. The molecule has 1 heterocycles. The maximum atomic E-state index is 12.2. The van der Waals surface area contributed by atoms with Gasteiger partial charge in [-0.05, 0) is 47.2 Å². The van der Waals surface area contributed by atoms with Crippen molar-refractivity contribution in [2.75, 3.05) is 4.90 Å². The van der Waals surface area contributed by atoms with Crippen LogP contribution in [0.1, 0.15) is 57.6 Å². The van der Waals surface area contributed by atoms with Crippen LogP contribution in [0, 0.1) is 0 Å². The van der Waals surface area contributed by atoms with Crippen molar-refractivity contribution >= 4 is 17.3 Å². The Morgan fingerprint density at radius 2 is 1.30 bits per heavy atom. The number of anilines is 2. The smallest absolute Gasteiger partial charge is 0.228 e. The van der Waals surface area contributed by atoms with Crippen molar-refractivity contribution in [1.82, 2.24) is 0 Å². The third-order valence-corrected chi connectivity index (χ3v) is 4.32. The van der Waals surface area contributed by atoms with Gasteiger partial charge in [-0.15, -0.1) is 0 Å². The van der Waals surface area contributed by atoms with Gasteiger partial charge in [0.2, 0.25) is 5.91 Å². The fourth-order valence-corrected chi connectivity index (χ4v) is 2.90. The summed E-state index contributed by atoms with van der Waals surface area (Å²) in [5, 5.41) is 0. The monoisotopic (exact) mass is 309 g/mol. The SMILES string of the molecule is CC(=O)N1c2ccc(C(C)C)cc2Oc2cc(C(C)C)ccc21. The molecule has 2 aromatic carbocycles. The molecule has 3 heteroatoms. The molecule has 0 bridgehead atoms. The second-order valence-corrected chi connectivity index (χ2v) is 6.72. The lowest BCUT2D eigenvalue weighted by atomic mass is 9.99. The Balaban J connectivity index is 2.15. The van der Waals surface area contributed by atoms with Crippen LogP contribution in [0.3, 0.4) is 0 Å². The van der Waals surface area contributed by atoms with Gasteiger partial charge in [0, 0.05) is 6.92 Å². The van der Waals surface area contributed by atoms with Gasteiger partial charge in [0.05, 0.1) is 11.4 Å². The van der Waals surface area contributed by atoms with Crippen molar-refractivity contribution in [1.29, 1.82) is 0 Å². The van der Waals surface area contributed by atoms with Gasteiger partial charge in [0.25, 0.3) is 0 Å². The van der Waals surface area contributed by atoms with E-state index in [1.54, 1.807) is 11.8 Å². The lowest BCUT2D eigenvalue weighted by Gasteiger charge is -2.31. The number of nitrogens with zero attached hydrogens (tertiary/aromatic N) is 1. The maximum absolute atomic E-state index is 12.2. The molecule has 0 saturated carbocycles. The molecule has 1 aliphatic rings. The van der Waals surface area contributed by atoms with Crippen LogP contribution in [0.15, 0.2) is 36.4 Å². The Morgan fingerprint density at radius 1 is 0.870 bits per heavy atom. The molecule has 2 aromatic rings. The summed E-state index contributed by atoms with van der Waals surface area (Å²) < 4.78 is 6.15. The highest BCUT2D eigenvalue weighted by Crippen LogP contribution is 2.48. The molecule has 0 radical (unpaired) electrons. The minimum Gasteiger partial charge on any atom is -0.453 e. The van der Waals surface area contributed by atoms with Crippen LogP contribution in [0.2, 0.25) is 0 Å². The first kappa shape index (κ1) is 15.6. The number of fused-ring (bicyclic) bond motifs is 2. The zero-order chi connectivity index (χ0) is 16.7. The van der Waals surface area contributed by atoms with Gasteiger partial charge in [-0.1, -0.05) is 39.8 Å². The Hall–Kier alpha value is -2.29. The molecule has 0 aliphatic carbocycles. The van der Waals surface area contributed by atoms with Crippen molar-refractivity contribution in [3.05, 3.63) is 47.5 Å². The molecule has 3 rings (SSSR count). The van der Waals surface area contributed by atoms with Crippen LogP contribution in [0.5, 0.6) is 11.5 Å². The van der Waals surface area contributed by atoms with E-state index in [0.29, 0.717) is 11.8 Å². The van der Waals surface area contributed by atoms with E-state index in [1.807, 2.05) is 24.3 Å². The quantitative estimate of drug-likeness (QED) is 0.709. The zero-order valence-electron chi connectivity index (χ0n) is 14.4. The van der Waals surface area contributed by atoms with Crippen LogP contribution < -0.4 is 9.64 Å². The van der Waals surface area contributed by atoms with Crippen LogP contribution in [-0.4, -0.2) is 5.91 Å². The number of carbonyl (C=O) groups excluding carboxylic acids is 1. The minimum atomic E-state index is -0.00889. The highest BCUT2D eigenvalue weighted by atomic mass is 16.5. The number of amides is 1. The molecule has 0 saturated heterocycles. The molecule has 3 nitrogen and oxygen atoms in total. The largest absolute Gasteiger partial charge is 0.453 e. The Labute approximate surface area is 137 Å². The number of ether oxygens (including phenoxy) is 1. The lowest BCUT2D eigenvalue weighted by Crippen LogP contribution is -2.26. The van der Waals surface area contributed by atoms with Crippen LogP contribution in [-0.2, 0) is 4.79 Å². The number of rotatable bonds is 2. The van der Waals surface area contributed by atoms with Gasteiger partial charge in [-0.3, -0.25) is 9.69 Å². The molecule has 0 spiro atoms. The van der Waals surface area contributed by atoms with E-state index >= 15 is 0 Å². The van der Waals surface area contributed by atoms with Crippen LogP contribution in [0.4, 0.5) is 11.4 Å². The number of carbonyl (C=O) groups is 1. The maximum Gasteiger partial charge on any atom is 0.228 e. The highest BCUT2D eigenvalue weighted by Gasteiger charge is 2.28. The summed E-state index contributed by atoms with van der Waals surface area (Å²) in [5.41, 5.74) is 4.03. The first-order chi connectivity index (χ1) is 10.9. The average Bonchev–Trinajstić information content (AvgIpc) is 2.50. The second kappa shape index (κ2) is 5.73. The van der Waals surface area contributed by atoms with Crippen molar-refractivity contribution in [2.45, 2.75) is 46.5 Å². The zero-order valence-corrected chi connectivity index (χ0v) is 14.4. The fourth-order valence-electron chi connectivity index (χ4n) is 2.90. The van der Waals surface area contributed by atoms with E-state index in [-0.39, 0.29) is 5.91 Å². The molecule has 1 aliphatic heterocycles. The van der Waals surface area contributed by atoms with E-state index in [1.165, 1.54) is 11.1 Å². The molecule has 0 fully saturated rings. The number of hydrogen-bond donors (Lipinski definition) is 0. The summed E-state index contributed by atoms with van der Waals surface area (Å²) in [5.74, 6) is 2.32. The number of hydrogen-bond acceptors (Lipinski definition) is 2. The van der Waals surface area contributed by atoms with Gasteiger partial charge in [0.1, 0.15) is 0 Å². The van der Waals surface area contributed by atoms with Gasteiger partial charge >= 0.3 is 0 Å².